The van der Waals surface area contributed by atoms with Crippen LogP contribution in [-0.4, -0.2) is 58.7 Å². The Balaban J connectivity index is 1.44. The van der Waals surface area contributed by atoms with E-state index in [1.54, 1.807) is 28.4 Å². The third-order valence-corrected chi connectivity index (χ3v) is 8.36. The molecule has 0 aliphatic carbocycles. The molecule has 188 valence electrons. The lowest BCUT2D eigenvalue weighted by Crippen LogP contribution is -2.46. The van der Waals surface area contributed by atoms with Crippen molar-refractivity contribution >= 4 is 5.71 Å². The Bertz CT molecular complexity index is 1110. The number of nitrogens with zero attached hydrogens (tertiary/aromatic N) is 2. The summed E-state index contributed by atoms with van der Waals surface area (Å²) in [5.41, 5.74) is 6.59. The minimum absolute atomic E-state index is 0.417. The number of ether oxygens (including phenoxy) is 4. The van der Waals surface area contributed by atoms with Crippen molar-refractivity contribution in [1.29, 1.82) is 0 Å². The van der Waals surface area contributed by atoms with Crippen molar-refractivity contribution in [3.63, 3.8) is 0 Å². The first kappa shape index (κ1) is 24.0. The smallest absolute Gasteiger partial charge is 0.161 e. The quantitative estimate of drug-likeness (QED) is 0.554. The molecule has 6 heteroatoms. The van der Waals surface area contributed by atoms with Crippen LogP contribution < -0.4 is 18.9 Å². The van der Waals surface area contributed by atoms with E-state index in [1.807, 2.05) is 0 Å². The third-order valence-electron chi connectivity index (χ3n) is 8.36. The Labute approximate surface area is 209 Å². The topological polar surface area (TPSA) is 52.5 Å². The highest BCUT2D eigenvalue weighted by atomic mass is 16.5. The molecule has 0 spiro atoms. The van der Waals surface area contributed by atoms with Gasteiger partial charge in [0.2, 0.25) is 0 Å². The molecule has 3 aliphatic heterocycles. The Hall–Kier alpha value is -2.73. The number of methoxy groups -OCH3 is 4. The predicted molar refractivity (Wildman–Crippen MR) is 139 cm³/mol. The minimum atomic E-state index is 0.417. The van der Waals surface area contributed by atoms with Crippen LogP contribution >= 0.6 is 0 Å². The lowest BCUT2D eigenvalue weighted by molar-refractivity contribution is 0.0546. The largest absolute Gasteiger partial charge is 0.493 e. The zero-order valence-electron chi connectivity index (χ0n) is 21.7. The average Bonchev–Trinajstić information content (AvgIpc) is 2.91. The number of fused-ring (bicyclic) bond motifs is 4. The van der Waals surface area contributed by atoms with Gasteiger partial charge >= 0.3 is 0 Å². The number of benzene rings is 2. The van der Waals surface area contributed by atoms with E-state index in [4.69, 9.17) is 23.9 Å². The summed E-state index contributed by atoms with van der Waals surface area (Å²) in [4.78, 5) is 7.73. The fourth-order valence-electron chi connectivity index (χ4n) is 6.43. The van der Waals surface area contributed by atoms with Gasteiger partial charge in [-0.2, -0.15) is 0 Å². The molecule has 0 saturated carbocycles. The summed E-state index contributed by atoms with van der Waals surface area (Å²) in [6.07, 6.45) is 5.36. The van der Waals surface area contributed by atoms with Gasteiger partial charge in [-0.25, -0.2) is 0 Å². The van der Waals surface area contributed by atoms with Gasteiger partial charge in [0.05, 0.1) is 28.4 Å². The number of hydrogen-bond donors (Lipinski definition) is 0. The van der Waals surface area contributed by atoms with E-state index >= 15 is 0 Å². The molecule has 2 aromatic rings. The molecule has 3 heterocycles. The van der Waals surface area contributed by atoms with Crippen molar-refractivity contribution in [3.8, 4) is 23.0 Å². The Morgan fingerprint density at radius 1 is 0.829 bits per heavy atom. The number of aliphatic imine (C=N–C) groups is 1. The van der Waals surface area contributed by atoms with Gasteiger partial charge < -0.3 is 18.9 Å². The highest BCUT2D eigenvalue weighted by Crippen LogP contribution is 2.46. The molecule has 1 saturated heterocycles. The first-order valence-electron chi connectivity index (χ1n) is 12.9. The maximum absolute atomic E-state index is 5.67. The lowest BCUT2D eigenvalue weighted by atomic mass is 9.73. The van der Waals surface area contributed by atoms with E-state index in [0.717, 1.165) is 68.3 Å². The van der Waals surface area contributed by atoms with Crippen LogP contribution in [0, 0.1) is 11.8 Å². The Morgan fingerprint density at radius 3 is 2.17 bits per heavy atom. The van der Waals surface area contributed by atoms with Crippen molar-refractivity contribution in [2.45, 2.75) is 45.1 Å². The second kappa shape index (κ2) is 10.1. The molecule has 0 bridgehead atoms. The summed E-state index contributed by atoms with van der Waals surface area (Å²) < 4.78 is 22.4. The zero-order chi connectivity index (χ0) is 24.5. The summed E-state index contributed by atoms with van der Waals surface area (Å²) >= 11 is 0. The van der Waals surface area contributed by atoms with Crippen LogP contribution in [0.3, 0.4) is 0 Å². The Kier molecular flexibility index (Phi) is 6.92. The summed E-state index contributed by atoms with van der Waals surface area (Å²) in [6, 6.07) is 9.10. The monoisotopic (exact) mass is 478 g/mol. The van der Waals surface area contributed by atoms with Crippen molar-refractivity contribution < 1.29 is 18.9 Å². The van der Waals surface area contributed by atoms with Crippen LogP contribution in [0.25, 0.3) is 0 Å². The fourth-order valence-corrected chi connectivity index (χ4v) is 6.43. The molecular weight excluding hydrogens is 440 g/mol. The van der Waals surface area contributed by atoms with Crippen LogP contribution in [0.2, 0.25) is 0 Å². The van der Waals surface area contributed by atoms with Gasteiger partial charge in [-0.15, -0.1) is 0 Å². The number of rotatable bonds is 7. The summed E-state index contributed by atoms with van der Waals surface area (Å²) in [5, 5.41) is 0. The lowest BCUT2D eigenvalue weighted by Gasteiger charge is -2.47. The van der Waals surface area contributed by atoms with Crippen LogP contribution in [0.1, 0.15) is 54.5 Å². The predicted octanol–water partition coefficient (Wildman–Crippen LogP) is 5.10. The minimum Gasteiger partial charge on any atom is -0.493 e. The van der Waals surface area contributed by atoms with E-state index in [-0.39, 0.29) is 0 Å². The van der Waals surface area contributed by atoms with Crippen LogP contribution in [0.5, 0.6) is 23.0 Å². The molecule has 0 N–H and O–H groups in total. The molecule has 3 atom stereocenters. The van der Waals surface area contributed by atoms with Gasteiger partial charge in [-0.1, -0.05) is 13.3 Å². The molecule has 2 aromatic carbocycles. The van der Waals surface area contributed by atoms with E-state index in [2.05, 4.69) is 36.1 Å². The highest BCUT2D eigenvalue weighted by Gasteiger charge is 2.39. The SMILES string of the molecule is CC[C@@H]1CN2CCc3cc(OC)c(OC)cc3[C@H]2C[C@@H]1CC1=NCCc2cc(OC)c(OC)cc21. The molecule has 0 amide bonds. The van der Waals surface area contributed by atoms with Gasteiger partial charge in [0.1, 0.15) is 0 Å². The van der Waals surface area contributed by atoms with E-state index in [9.17, 15) is 0 Å². The standard InChI is InChI=1S/C29H38N2O4/c1-6-18-17-31-10-8-20-14-27(33-3)29(35-5)16-23(20)25(31)12-21(18)11-24-22-15-28(34-4)26(32-2)13-19(22)7-9-30-24/h13-16,18,21,25H,6-12,17H2,1-5H3/t18-,21+,25-/m1/s1. The Morgan fingerprint density at radius 2 is 1.49 bits per heavy atom. The first-order valence-corrected chi connectivity index (χ1v) is 12.9. The zero-order valence-corrected chi connectivity index (χ0v) is 21.7. The van der Waals surface area contributed by atoms with Gasteiger partial charge in [0.15, 0.2) is 23.0 Å². The highest BCUT2D eigenvalue weighted by molar-refractivity contribution is 6.03. The second-order valence-electron chi connectivity index (χ2n) is 9.98. The van der Waals surface area contributed by atoms with Crippen LogP contribution in [-0.2, 0) is 12.8 Å². The van der Waals surface area contributed by atoms with Gasteiger partial charge in [-0.3, -0.25) is 9.89 Å². The van der Waals surface area contributed by atoms with E-state index in [1.165, 1.54) is 34.4 Å². The van der Waals surface area contributed by atoms with Crippen LogP contribution in [0.4, 0.5) is 0 Å². The number of hydrogen-bond acceptors (Lipinski definition) is 6. The molecule has 3 aliphatic rings. The van der Waals surface area contributed by atoms with Crippen molar-refractivity contribution in [2.75, 3.05) is 48.1 Å². The third kappa shape index (κ3) is 4.37. The summed E-state index contributed by atoms with van der Waals surface area (Å²) in [7, 11) is 6.85. The number of piperidine rings is 1. The van der Waals surface area contributed by atoms with Gasteiger partial charge in [0, 0.05) is 37.0 Å². The van der Waals surface area contributed by atoms with Crippen LogP contribution in [0.15, 0.2) is 29.3 Å². The van der Waals surface area contributed by atoms with Crippen molar-refractivity contribution in [1.82, 2.24) is 4.90 Å². The maximum atomic E-state index is 5.67. The normalized spacial score (nSPS) is 23.5. The molecular formula is C29H38N2O4. The molecule has 0 aromatic heterocycles. The van der Waals surface area contributed by atoms with E-state index < -0.39 is 0 Å². The average molecular weight is 479 g/mol. The second-order valence-corrected chi connectivity index (χ2v) is 9.98. The van der Waals surface area contributed by atoms with E-state index in [0.29, 0.717) is 17.9 Å². The van der Waals surface area contributed by atoms with Gasteiger partial charge in [0.25, 0.3) is 0 Å². The summed E-state index contributed by atoms with van der Waals surface area (Å²) in [5.74, 6) is 4.49. The molecule has 5 rings (SSSR count). The summed E-state index contributed by atoms with van der Waals surface area (Å²) in [6.45, 7) is 5.44. The maximum Gasteiger partial charge on any atom is 0.161 e. The molecule has 6 nitrogen and oxygen atoms in total. The van der Waals surface area contributed by atoms with Crippen molar-refractivity contribution in [2.24, 2.45) is 16.8 Å². The molecule has 0 radical (unpaired) electrons. The fraction of sp³-hybridized carbons (Fsp3) is 0.552. The molecule has 35 heavy (non-hydrogen) atoms. The molecule has 1 fully saturated rings. The first-order chi connectivity index (χ1) is 17.1. The van der Waals surface area contributed by atoms with Gasteiger partial charge in [-0.05, 0) is 78.5 Å². The molecule has 0 unspecified atom stereocenters. The van der Waals surface area contributed by atoms with Crippen molar-refractivity contribution in [3.05, 3.63) is 46.5 Å².